The van der Waals surface area contributed by atoms with Gasteiger partial charge in [0.25, 0.3) is 5.69 Å². The molecular weight excluding hydrogens is 483 g/mol. The summed E-state index contributed by atoms with van der Waals surface area (Å²) in [6.07, 6.45) is 2.85. The van der Waals surface area contributed by atoms with Gasteiger partial charge in [0, 0.05) is 33.8 Å². The van der Waals surface area contributed by atoms with E-state index in [1.165, 1.54) is 38.5 Å². The first kappa shape index (κ1) is 24.9. The van der Waals surface area contributed by atoms with Crippen LogP contribution in [0.25, 0.3) is 6.08 Å². The lowest BCUT2D eigenvalue weighted by molar-refractivity contribution is -0.384. The van der Waals surface area contributed by atoms with E-state index in [-0.39, 0.29) is 18.0 Å². The summed E-state index contributed by atoms with van der Waals surface area (Å²) in [5, 5.41) is 14.6. The maximum absolute atomic E-state index is 12.4. The van der Waals surface area contributed by atoms with Crippen LogP contribution >= 0.6 is 23.2 Å². The van der Waals surface area contributed by atoms with Crippen molar-refractivity contribution in [1.82, 2.24) is 0 Å². The van der Waals surface area contributed by atoms with Crippen molar-refractivity contribution in [1.29, 1.82) is 0 Å². The van der Waals surface area contributed by atoms with Crippen molar-refractivity contribution in [2.75, 3.05) is 19.5 Å². The highest BCUT2D eigenvalue weighted by Crippen LogP contribution is 2.32. The number of hydrogen-bond donors (Lipinski definition) is 1. The molecule has 0 spiro atoms. The highest BCUT2D eigenvalue weighted by Gasteiger charge is 2.13. The topological polar surface area (TPSA) is 99.9 Å². The second kappa shape index (κ2) is 11.4. The van der Waals surface area contributed by atoms with Crippen LogP contribution in [-0.2, 0) is 11.4 Å². The zero-order valence-corrected chi connectivity index (χ0v) is 19.7. The van der Waals surface area contributed by atoms with Crippen LogP contribution in [0.3, 0.4) is 0 Å². The third-order valence-electron chi connectivity index (χ3n) is 4.70. The lowest BCUT2D eigenvalue weighted by Crippen LogP contribution is -2.09. The van der Waals surface area contributed by atoms with E-state index in [2.05, 4.69) is 5.32 Å². The Morgan fingerprint density at radius 2 is 1.68 bits per heavy atom. The van der Waals surface area contributed by atoms with Crippen molar-refractivity contribution in [2.24, 2.45) is 0 Å². The van der Waals surface area contributed by atoms with Gasteiger partial charge in [0.1, 0.15) is 12.4 Å². The van der Waals surface area contributed by atoms with Gasteiger partial charge < -0.3 is 19.5 Å². The molecule has 0 unspecified atom stereocenters. The number of non-ortho nitro benzene ring substituents is 1. The molecule has 0 heterocycles. The molecular formula is C24H20Cl2N2O6. The zero-order chi connectivity index (χ0) is 24.7. The molecule has 0 saturated carbocycles. The number of nitrogens with zero attached hydrogens (tertiary/aromatic N) is 1. The number of nitro groups is 1. The van der Waals surface area contributed by atoms with Gasteiger partial charge in [-0.15, -0.1) is 0 Å². The Labute approximate surface area is 205 Å². The third kappa shape index (κ3) is 6.18. The summed E-state index contributed by atoms with van der Waals surface area (Å²) in [6.45, 7) is 0.150. The summed E-state index contributed by atoms with van der Waals surface area (Å²) in [5.74, 6) is 0.730. The fraction of sp³-hybridized carbons (Fsp3) is 0.125. The van der Waals surface area contributed by atoms with Crippen LogP contribution in [0.1, 0.15) is 11.1 Å². The minimum Gasteiger partial charge on any atom is -0.495 e. The number of methoxy groups -OCH3 is 2. The van der Waals surface area contributed by atoms with Gasteiger partial charge in [0.2, 0.25) is 5.91 Å². The molecule has 176 valence electrons. The number of halogens is 2. The lowest BCUT2D eigenvalue weighted by atomic mass is 10.1. The first-order valence-electron chi connectivity index (χ1n) is 9.87. The molecule has 0 aliphatic heterocycles. The van der Waals surface area contributed by atoms with Gasteiger partial charge in [0.05, 0.1) is 24.8 Å². The summed E-state index contributed by atoms with van der Waals surface area (Å²) in [6, 6.07) is 14.3. The predicted molar refractivity (Wildman–Crippen MR) is 131 cm³/mol. The van der Waals surface area contributed by atoms with Crippen LogP contribution in [0.2, 0.25) is 10.0 Å². The minimum absolute atomic E-state index is 0.150. The highest BCUT2D eigenvalue weighted by atomic mass is 35.5. The molecule has 3 aromatic carbocycles. The van der Waals surface area contributed by atoms with Gasteiger partial charge in [-0.05, 0) is 42.0 Å². The number of benzene rings is 3. The number of hydrogen-bond acceptors (Lipinski definition) is 6. The maximum atomic E-state index is 12.4. The number of amides is 1. The van der Waals surface area contributed by atoms with Crippen molar-refractivity contribution < 1.29 is 23.9 Å². The predicted octanol–water partition coefficient (Wildman–Crippen LogP) is 6.15. The third-order valence-corrected chi connectivity index (χ3v) is 5.41. The fourth-order valence-electron chi connectivity index (χ4n) is 2.98. The Bertz CT molecular complexity index is 1230. The fourth-order valence-corrected chi connectivity index (χ4v) is 3.49. The van der Waals surface area contributed by atoms with Crippen molar-refractivity contribution in [3.63, 3.8) is 0 Å². The van der Waals surface area contributed by atoms with Gasteiger partial charge in [-0.2, -0.15) is 0 Å². The normalized spacial score (nSPS) is 10.7. The number of rotatable bonds is 9. The number of anilines is 1. The molecule has 0 saturated heterocycles. The quantitative estimate of drug-likeness (QED) is 0.214. The number of carbonyl (C=O) groups excluding carboxylic acids is 1. The molecule has 0 aliphatic rings. The van der Waals surface area contributed by atoms with E-state index in [0.29, 0.717) is 38.4 Å². The highest BCUT2D eigenvalue weighted by molar-refractivity contribution is 6.35. The van der Waals surface area contributed by atoms with E-state index in [4.69, 9.17) is 37.4 Å². The van der Waals surface area contributed by atoms with Crippen molar-refractivity contribution >= 4 is 46.6 Å². The first-order valence-corrected chi connectivity index (χ1v) is 10.6. The van der Waals surface area contributed by atoms with Gasteiger partial charge in [-0.25, -0.2) is 0 Å². The van der Waals surface area contributed by atoms with Gasteiger partial charge in [-0.1, -0.05) is 35.3 Å². The number of nitrogens with one attached hydrogen (secondary N) is 1. The van der Waals surface area contributed by atoms with Gasteiger partial charge in [-0.3, -0.25) is 14.9 Å². The molecule has 3 aromatic rings. The summed E-state index contributed by atoms with van der Waals surface area (Å²) in [4.78, 5) is 22.8. The van der Waals surface area contributed by atoms with Crippen LogP contribution in [0.5, 0.6) is 17.2 Å². The van der Waals surface area contributed by atoms with Crippen LogP contribution < -0.4 is 19.5 Å². The maximum Gasteiger partial charge on any atom is 0.271 e. The molecule has 10 heteroatoms. The van der Waals surface area contributed by atoms with Crippen LogP contribution in [-0.4, -0.2) is 25.1 Å². The Hall–Kier alpha value is -3.75. The molecule has 1 amide bonds. The van der Waals surface area contributed by atoms with E-state index in [9.17, 15) is 14.9 Å². The molecule has 0 bridgehead atoms. The molecule has 0 aliphatic carbocycles. The van der Waals surface area contributed by atoms with Crippen molar-refractivity contribution in [3.8, 4) is 17.2 Å². The standard InChI is InChI=1S/C24H20Cl2N2O6/c1-32-21-10-8-16(28(30)31)13-20(21)27-24(29)11-7-15-6-9-22(23(12-15)33-2)34-14-17-18(25)4-3-5-19(17)26/h3-13H,14H2,1-2H3,(H,27,29)/b11-7+. The molecule has 0 radical (unpaired) electrons. The summed E-state index contributed by atoms with van der Waals surface area (Å²) in [7, 11) is 2.90. The largest absolute Gasteiger partial charge is 0.495 e. The molecule has 0 fully saturated rings. The second-order valence-electron chi connectivity index (χ2n) is 6.86. The summed E-state index contributed by atoms with van der Waals surface area (Å²) < 4.78 is 16.4. The van der Waals surface area contributed by atoms with Crippen LogP contribution in [0.4, 0.5) is 11.4 Å². The number of nitro benzene ring substituents is 1. The summed E-state index contributed by atoms with van der Waals surface area (Å²) in [5.41, 5.74) is 1.34. The van der Waals surface area contributed by atoms with E-state index < -0.39 is 10.8 Å². The molecule has 8 nitrogen and oxygen atoms in total. The second-order valence-corrected chi connectivity index (χ2v) is 7.68. The van der Waals surface area contributed by atoms with Crippen molar-refractivity contribution in [3.05, 3.63) is 92.0 Å². The van der Waals surface area contributed by atoms with E-state index >= 15 is 0 Å². The average Bonchev–Trinajstić information content (AvgIpc) is 2.82. The molecule has 0 atom stereocenters. The van der Waals surface area contributed by atoms with Crippen LogP contribution in [0.15, 0.2) is 60.7 Å². The van der Waals surface area contributed by atoms with E-state index in [1.54, 1.807) is 42.5 Å². The Morgan fingerprint density at radius 1 is 1.00 bits per heavy atom. The van der Waals surface area contributed by atoms with Crippen molar-refractivity contribution in [2.45, 2.75) is 6.61 Å². The Kier molecular flexibility index (Phi) is 8.34. The number of ether oxygens (including phenoxy) is 3. The smallest absolute Gasteiger partial charge is 0.271 e. The Balaban J connectivity index is 1.71. The molecule has 34 heavy (non-hydrogen) atoms. The lowest BCUT2D eigenvalue weighted by Gasteiger charge is -2.13. The van der Waals surface area contributed by atoms with E-state index in [0.717, 1.165) is 0 Å². The van der Waals surface area contributed by atoms with Gasteiger partial charge >= 0.3 is 0 Å². The molecule has 1 N–H and O–H groups in total. The SMILES string of the molecule is COc1ccc([N+](=O)[O-])cc1NC(=O)/C=C/c1ccc(OCc2c(Cl)cccc2Cl)c(OC)c1. The monoisotopic (exact) mass is 502 g/mol. The Morgan fingerprint density at radius 3 is 2.32 bits per heavy atom. The van der Waals surface area contributed by atoms with E-state index in [1.807, 2.05) is 0 Å². The number of carbonyl (C=O) groups is 1. The minimum atomic E-state index is -0.555. The molecule has 3 rings (SSSR count). The summed E-state index contributed by atoms with van der Waals surface area (Å²) >= 11 is 12.4. The zero-order valence-electron chi connectivity index (χ0n) is 18.2. The van der Waals surface area contributed by atoms with Gasteiger partial charge in [0.15, 0.2) is 11.5 Å². The first-order chi connectivity index (χ1) is 16.3. The average molecular weight is 503 g/mol. The molecule has 0 aromatic heterocycles. The van der Waals surface area contributed by atoms with Crippen LogP contribution in [0, 0.1) is 10.1 Å².